The number of ether oxygens (including phenoxy) is 1. The van der Waals surface area contributed by atoms with Gasteiger partial charge in [-0.25, -0.2) is 9.97 Å². The van der Waals surface area contributed by atoms with E-state index in [1.165, 1.54) is 6.33 Å². The van der Waals surface area contributed by atoms with E-state index >= 15 is 0 Å². The quantitative estimate of drug-likeness (QED) is 0.756. The molecule has 0 atom stereocenters. The number of aromatic nitrogens is 2. The van der Waals surface area contributed by atoms with Gasteiger partial charge in [-0.15, -0.1) is 0 Å². The Morgan fingerprint density at radius 2 is 1.91 bits per heavy atom. The molecule has 116 valence electrons. The Morgan fingerprint density at radius 1 is 1.04 bits per heavy atom. The van der Waals surface area contributed by atoms with Crippen LogP contribution in [0.15, 0.2) is 60.9 Å². The minimum Gasteiger partial charge on any atom is -0.496 e. The van der Waals surface area contributed by atoms with Crippen molar-refractivity contribution in [2.75, 3.05) is 12.4 Å². The molecule has 0 amide bonds. The number of hydrogen-bond donors (Lipinski definition) is 2. The predicted octanol–water partition coefficient (Wildman–Crippen LogP) is 3.35. The van der Waals surface area contributed by atoms with Crippen LogP contribution >= 0.6 is 0 Å². The zero-order valence-electron chi connectivity index (χ0n) is 12.9. The number of nitrogens with one attached hydrogen (secondary N) is 1. The minimum atomic E-state index is 0.506. The van der Waals surface area contributed by atoms with Gasteiger partial charge in [0.15, 0.2) is 0 Å². The van der Waals surface area contributed by atoms with Crippen LogP contribution in [0.3, 0.4) is 0 Å². The third-order valence-corrected chi connectivity index (χ3v) is 3.49. The summed E-state index contributed by atoms with van der Waals surface area (Å²) in [6.45, 7) is 0.506. The van der Waals surface area contributed by atoms with E-state index in [0.29, 0.717) is 6.54 Å². The molecule has 23 heavy (non-hydrogen) atoms. The molecular formula is C18H18N4O. The van der Waals surface area contributed by atoms with Gasteiger partial charge in [0, 0.05) is 23.9 Å². The van der Waals surface area contributed by atoms with Gasteiger partial charge >= 0.3 is 0 Å². The van der Waals surface area contributed by atoms with Crippen LogP contribution in [0.2, 0.25) is 0 Å². The maximum absolute atomic E-state index is 5.68. The Labute approximate surface area is 135 Å². The maximum Gasteiger partial charge on any atom is 0.134 e. The lowest BCUT2D eigenvalue weighted by atomic mass is 10.1. The molecular weight excluding hydrogens is 288 g/mol. The third kappa shape index (κ3) is 3.46. The van der Waals surface area contributed by atoms with E-state index in [1.807, 2.05) is 54.6 Å². The summed E-state index contributed by atoms with van der Waals surface area (Å²) in [5.41, 5.74) is 9.41. The van der Waals surface area contributed by atoms with Crippen molar-refractivity contribution in [2.24, 2.45) is 5.73 Å². The Hall–Kier alpha value is -2.92. The van der Waals surface area contributed by atoms with Crippen molar-refractivity contribution < 1.29 is 4.74 Å². The number of nitrogens with zero attached hydrogens (tertiary/aromatic N) is 2. The molecule has 1 heterocycles. The predicted molar refractivity (Wildman–Crippen MR) is 91.6 cm³/mol. The van der Waals surface area contributed by atoms with Crippen LogP contribution in [-0.4, -0.2) is 17.1 Å². The molecule has 0 saturated carbocycles. The van der Waals surface area contributed by atoms with Crippen LogP contribution in [0.4, 0.5) is 11.5 Å². The lowest BCUT2D eigenvalue weighted by Gasteiger charge is -2.10. The van der Waals surface area contributed by atoms with Crippen molar-refractivity contribution in [3.8, 4) is 17.0 Å². The number of para-hydroxylation sites is 1. The molecule has 3 N–H and O–H groups in total. The molecule has 3 aromatic rings. The third-order valence-electron chi connectivity index (χ3n) is 3.49. The summed E-state index contributed by atoms with van der Waals surface area (Å²) in [6.07, 6.45) is 1.54. The lowest BCUT2D eigenvalue weighted by molar-refractivity contribution is 0.416. The van der Waals surface area contributed by atoms with Crippen LogP contribution < -0.4 is 15.8 Å². The van der Waals surface area contributed by atoms with Gasteiger partial charge in [0.2, 0.25) is 0 Å². The summed E-state index contributed by atoms with van der Waals surface area (Å²) < 4.78 is 5.39. The molecule has 0 spiro atoms. The molecule has 0 radical (unpaired) electrons. The largest absolute Gasteiger partial charge is 0.496 e. The monoisotopic (exact) mass is 306 g/mol. The maximum atomic E-state index is 5.68. The molecule has 1 aromatic heterocycles. The number of anilines is 2. The summed E-state index contributed by atoms with van der Waals surface area (Å²) in [5.74, 6) is 1.50. The molecule has 2 aromatic carbocycles. The van der Waals surface area contributed by atoms with Crippen molar-refractivity contribution in [3.05, 3.63) is 66.5 Å². The van der Waals surface area contributed by atoms with Crippen molar-refractivity contribution >= 4 is 11.5 Å². The topological polar surface area (TPSA) is 73.1 Å². The number of nitrogens with two attached hydrogens (primary N) is 1. The van der Waals surface area contributed by atoms with E-state index in [2.05, 4.69) is 15.3 Å². The molecule has 0 aliphatic carbocycles. The highest BCUT2D eigenvalue weighted by Crippen LogP contribution is 2.29. The second-order valence-electron chi connectivity index (χ2n) is 5.02. The SMILES string of the molecule is COc1ccccc1-c1cc(Nc2cccc(CN)c2)ncn1. The van der Waals surface area contributed by atoms with Crippen LogP contribution in [0.1, 0.15) is 5.56 Å². The van der Waals surface area contributed by atoms with E-state index in [0.717, 1.165) is 34.1 Å². The second kappa shape index (κ2) is 6.89. The van der Waals surface area contributed by atoms with Crippen molar-refractivity contribution in [2.45, 2.75) is 6.54 Å². The Bertz CT molecular complexity index is 804. The summed E-state index contributed by atoms with van der Waals surface area (Å²) >= 11 is 0. The van der Waals surface area contributed by atoms with Crippen LogP contribution in [-0.2, 0) is 6.54 Å². The normalized spacial score (nSPS) is 10.3. The molecule has 0 bridgehead atoms. The van der Waals surface area contributed by atoms with Crippen LogP contribution in [0, 0.1) is 0 Å². The zero-order valence-corrected chi connectivity index (χ0v) is 12.9. The fourth-order valence-electron chi connectivity index (χ4n) is 2.35. The van der Waals surface area contributed by atoms with Crippen LogP contribution in [0.5, 0.6) is 5.75 Å². The fraction of sp³-hybridized carbons (Fsp3) is 0.111. The van der Waals surface area contributed by atoms with Gasteiger partial charge in [-0.05, 0) is 29.8 Å². The summed E-state index contributed by atoms with van der Waals surface area (Å²) in [7, 11) is 1.65. The first-order valence-corrected chi connectivity index (χ1v) is 7.31. The van der Waals surface area contributed by atoms with Gasteiger partial charge in [-0.1, -0.05) is 24.3 Å². The van der Waals surface area contributed by atoms with Crippen molar-refractivity contribution in [3.63, 3.8) is 0 Å². The summed E-state index contributed by atoms with van der Waals surface area (Å²) in [6, 6.07) is 17.6. The van der Waals surface area contributed by atoms with Gasteiger partial charge in [0.05, 0.1) is 12.8 Å². The van der Waals surface area contributed by atoms with E-state index in [9.17, 15) is 0 Å². The first-order chi connectivity index (χ1) is 11.3. The van der Waals surface area contributed by atoms with E-state index < -0.39 is 0 Å². The van der Waals surface area contributed by atoms with Gasteiger partial charge in [0.1, 0.15) is 17.9 Å². The fourth-order valence-corrected chi connectivity index (χ4v) is 2.35. The van der Waals surface area contributed by atoms with Crippen LogP contribution in [0.25, 0.3) is 11.3 Å². The van der Waals surface area contributed by atoms with E-state index in [4.69, 9.17) is 10.5 Å². The summed E-state index contributed by atoms with van der Waals surface area (Å²) in [4.78, 5) is 8.62. The van der Waals surface area contributed by atoms with Crippen molar-refractivity contribution in [1.29, 1.82) is 0 Å². The Kier molecular flexibility index (Phi) is 4.49. The lowest BCUT2D eigenvalue weighted by Crippen LogP contribution is -1.99. The molecule has 0 aliphatic rings. The first-order valence-electron chi connectivity index (χ1n) is 7.31. The Balaban J connectivity index is 1.90. The molecule has 0 saturated heterocycles. The van der Waals surface area contributed by atoms with Gasteiger partial charge in [-0.2, -0.15) is 0 Å². The number of rotatable bonds is 5. The van der Waals surface area contributed by atoms with Gasteiger partial charge < -0.3 is 15.8 Å². The average molecular weight is 306 g/mol. The number of hydrogen-bond acceptors (Lipinski definition) is 5. The highest BCUT2D eigenvalue weighted by molar-refractivity contribution is 5.70. The molecule has 5 nitrogen and oxygen atoms in total. The van der Waals surface area contributed by atoms with Crippen molar-refractivity contribution in [1.82, 2.24) is 9.97 Å². The second-order valence-corrected chi connectivity index (χ2v) is 5.02. The van der Waals surface area contributed by atoms with Gasteiger partial charge in [-0.3, -0.25) is 0 Å². The van der Waals surface area contributed by atoms with E-state index in [-0.39, 0.29) is 0 Å². The molecule has 0 unspecified atom stereocenters. The molecule has 0 fully saturated rings. The molecule has 5 heteroatoms. The minimum absolute atomic E-state index is 0.506. The molecule has 0 aliphatic heterocycles. The van der Waals surface area contributed by atoms with Gasteiger partial charge in [0.25, 0.3) is 0 Å². The average Bonchev–Trinajstić information content (AvgIpc) is 2.62. The molecule has 3 rings (SSSR count). The Morgan fingerprint density at radius 3 is 2.74 bits per heavy atom. The highest BCUT2D eigenvalue weighted by Gasteiger charge is 2.07. The number of methoxy groups -OCH3 is 1. The van der Waals surface area contributed by atoms with E-state index in [1.54, 1.807) is 7.11 Å². The standard InChI is InChI=1S/C18H18N4O/c1-23-17-8-3-2-7-15(17)16-10-18(21-12-20-16)22-14-6-4-5-13(9-14)11-19/h2-10,12H,11,19H2,1H3,(H,20,21,22). The summed E-state index contributed by atoms with van der Waals surface area (Å²) in [5, 5.41) is 3.28. The zero-order chi connectivity index (χ0) is 16.1. The number of benzene rings is 2. The smallest absolute Gasteiger partial charge is 0.134 e. The highest BCUT2D eigenvalue weighted by atomic mass is 16.5. The first kappa shape index (κ1) is 15.0.